The molecule has 0 bridgehead atoms. The molecule has 1 saturated heterocycles. The molecule has 240 valence electrons. The third-order valence-corrected chi connectivity index (χ3v) is 9.34. The number of hydrogen-bond donors (Lipinski definition) is 4. The third-order valence-electron chi connectivity index (χ3n) is 9.01. The number of aliphatic carboxylic acids is 1. The van der Waals surface area contributed by atoms with Crippen molar-refractivity contribution < 1.29 is 34.1 Å². The van der Waals surface area contributed by atoms with Crippen LogP contribution in [0.4, 0.5) is 0 Å². The molecule has 1 heterocycles. The Bertz CT molecular complexity index is 1300. The Morgan fingerprint density at radius 2 is 1.80 bits per heavy atom. The van der Waals surface area contributed by atoms with Crippen LogP contribution in [0.1, 0.15) is 91.9 Å². The third kappa shape index (κ3) is 8.59. The zero-order chi connectivity index (χ0) is 31.6. The van der Waals surface area contributed by atoms with Gasteiger partial charge in [0.15, 0.2) is 0 Å². The van der Waals surface area contributed by atoms with Gasteiger partial charge in [-0.3, -0.25) is 14.4 Å². The molecule has 1 aliphatic heterocycles. The molecule has 2 fully saturated rings. The van der Waals surface area contributed by atoms with Gasteiger partial charge in [0, 0.05) is 29.5 Å². The van der Waals surface area contributed by atoms with Gasteiger partial charge in [0.1, 0.15) is 0 Å². The van der Waals surface area contributed by atoms with E-state index in [0.29, 0.717) is 28.3 Å². The number of benzene rings is 2. The van der Waals surface area contributed by atoms with Gasteiger partial charge in [-0.25, -0.2) is 0 Å². The summed E-state index contributed by atoms with van der Waals surface area (Å²) in [5.74, 6) is -2.45. The van der Waals surface area contributed by atoms with Crippen molar-refractivity contribution in [3.8, 4) is 11.1 Å². The molecule has 4 rings (SSSR count). The summed E-state index contributed by atoms with van der Waals surface area (Å²) in [5, 5.41) is 23.7. The number of carbonyl (C=O) groups excluding carboxylic acids is 2. The number of carbonyl (C=O) groups is 3. The van der Waals surface area contributed by atoms with Crippen LogP contribution < -0.4 is 11.1 Å². The number of hydrogen-bond acceptors (Lipinski definition) is 6. The van der Waals surface area contributed by atoms with Crippen molar-refractivity contribution in [3.05, 3.63) is 57.6 Å². The number of rotatable bonds is 14. The quantitative estimate of drug-likeness (QED) is 0.210. The highest BCUT2D eigenvalue weighted by atomic mass is 35.5. The minimum absolute atomic E-state index is 0.138. The molecule has 0 radical (unpaired) electrons. The SMILES string of the molecule is Cc1c(C2COC(C(N)=O)OC2)cc(C(CO)C(=O)NCCCCC2CCCCC2)c(CCC(=O)O)c1-c1ccccc1Cl. The lowest BCUT2D eigenvalue weighted by Crippen LogP contribution is -2.40. The molecule has 1 aliphatic carbocycles. The van der Waals surface area contributed by atoms with Gasteiger partial charge in [-0.15, -0.1) is 0 Å². The highest BCUT2D eigenvalue weighted by Gasteiger charge is 2.32. The summed E-state index contributed by atoms with van der Waals surface area (Å²) in [4.78, 5) is 37.0. The zero-order valence-electron chi connectivity index (χ0n) is 25.5. The van der Waals surface area contributed by atoms with Crippen LogP contribution in [0.15, 0.2) is 30.3 Å². The Balaban J connectivity index is 1.67. The molecular weight excluding hydrogens is 584 g/mol. The van der Waals surface area contributed by atoms with Gasteiger partial charge in [0.2, 0.25) is 12.2 Å². The molecular formula is C34H45ClN2O7. The molecule has 2 aromatic carbocycles. The lowest BCUT2D eigenvalue weighted by molar-refractivity contribution is -0.192. The fourth-order valence-electron chi connectivity index (χ4n) is 6.68. The number of aliphatic hydroxyl groups excluding tert-OH is 1. The average molecular weight is 629 g/mol. The van der Waals surface area contributed by atoms with E-state index >= 15 is 0 Å². The molecule has 2 amide bonds. The smallest absolute Gasteiger partial charge is 0.303 e. The van der Waals surface area contributed by atoms with Gasteiger partial charge in [-0.1, -0.05) is 80.8 Å². The summed E-state index contributed by atoms with van der Waals surface area (Å²) in [7, 11) is 0. The first-order chi connectivity index (χ1) is 21.2. The molecule has 1 saturated carbocycles. The first kappa shape index (κ1) is 33.9. The number of ether oxygens (including phenoxy) is 2. The second kappa shape index (κ2) is 16.4. The van der Waals surface area contributed by atoms with E-state index in [2.05, 4.69) is 5.32 Å². The average Bonchev–Trinajstić information content (AvgIpc) is 3.02. The van der Waals surface area contributed by atoms with Crippen LogP contribution in [0, 0.1) is 12.8 Å². The van der Waals surface area contributed by atoms with Crippen molar-refractivity contribution in [3.63, 3.8) is 0 Å². The van der Waals surface area contributed by atoms with Crippen molar-refractivity contribution in [2.75, 3.05) is 26.4 Å². The number of nitrogens with two attached hydrogens (primary N) is 1. The van der Waals surface area contributed by atoms with Crippen LogP contribution >= 0.6 is 11.6 Å². The summed E-state index contributed by atoms with van der Waals surface area (Å²) in [6.45, 7) is 2.27. The van der Waals surface area contributed by atoms with Crippen molar-refractivity contribution in [2.45, 2.75) is 89.3 Å². The predicted octanol–water partition coefficient (Wildman–Crippen LogP) is 5.22. The summed E-state index contributed by atoms with van der Waals surface area (Å²) in [6.07, 6.45) is 8.43. The topological polar surface area (TPSA) is 148 Å². The Hall–Kier alpha value is -2.98. The molecule has 2 aromatic rings. The molecule has 10 heteroatoms. The summed E-state index contributed by atoms with van der Waals surface area (Å²) >= 11 is 6.69. The maximum atomic E-state index is 13.6. The molecule has 0 aromatic heterocycles. The molecule has 1 unspecified atom stereocenters. The summed E-state index contributed by atoms with van der Waals surface area (Å²) in [6, 6.07) is 9.14. The standard InChI is InChI=1S/C34H45ClN2O7/c1-21-26(23-19-43-34(32(36)41)44-20-23)17-27(24(14-15-30(39)40)31(21)25-12-5-6-13-29(25)35)28(18-38)33(42)37-16-8-7-11-22-9-3-2-4-10-22/h5-6,12-13,17,22-23,28,34,38H,2-4,7-11,14-16,18-20H2,1H3,(H2,36,41)(H,37,42)(H,39,40). The van der Waals surface area contributed by atoms with Gasteiger partial charge in [0.25, 0.3) is 5.91 Å². The maximum Gasteiger partial charge on any atom is 0.303 e. The number of nitrogens with one attached hydrogen (secondary N) is 1. The van der Waals surface area contributed by atoms with Crippen molar-refractivity contribution in [2.24, 2.45) is 11.7 Å². The van der Waals surface area contributed by atoms with E-state index in [1.807, 2.05) is 31.2 Å². The maximum absolute atomic E-state index is 13.6. The van der Waals surface area contributed by atoms with Crippen LogP contribution in [0.2, 0.25) is 5.02 Å². The van der Waals surface area contributed by atoms with Crippen LogP contribution in [-0.4, -0.2) is 60.7 Å². The zero-order valence-corrected chi connectivity index (χ0v) is 26.2. The van der Waals surface area contributed by atoms with E-state index in [9.17, 15) is 24.6 Å². The Labute approximate surface area is 264 Å². The Kier molecular flexibility index (Phi) is 12.6. The first-order valence-electron chi connectivity index (χ1n) is 15.7. The minimum Gasteiger partial charge on any atom is -0.481 e. The number of amides is 2. The molecule has 1 atom stereocenters. The van der Waals surface area contributed by atoms with Crippen LogP contribution in [0.25, 0.3) is 11.1 Å². The van der Waals surface area contributed by atoms with Crippen molar-refractivity contribution >= 4 is 29.4 Å². The number of aliphatic hydroxyl groups is 1. The second-order valence-corrected chi connectivity index (χ2v) is 12.4. The number of primary amides is 1. The van der Waals surface area contributed by atoms with Gasteiger partial charge >= 0.3 is 5.97 Å². The predicted molar refractivity (Wildman–Crippen MR) is 168 cm³/mol. The van der Waals surface area contributed by atoms with E-state index in [1.165, 1.54) is 38.5 Å². The second-order valence-electron chi connectivity index (χ2n) is 12.0. The highest BCUT2D eigenvalue weighted by molar-refractivity contribution is 6.33. The number of carboxylic acid groups (broad SMARTS) is 1. The van der Waals surface area contributed by atoms with E-state index in [1.54, 1.807) is 6.07 Å². The minimum atomic E-state index is -1.14. The monoisotopic (exact) mass is 628 g/mol. The Morgan fingerprint density at radius 1 is 1.09 bits per heavy atom. The highest BCUT2D eigenvalue weighted by Crippen LogP contribution is 2.42. The fraction of sp³-hybridized carbons (Fsp3) is 0.559. The van der Waals surface area contributed by atoms with Crippen molar-refractivity contribution in [1.82, 2.24) is 5.32 Å². The molecule has 9 nitrogen and oxygen atoms in total. The van der Waals surface area contributed by atoms with E-state index in [0.717, 1.165) is 35.4 Å². The molecule has 2 aliphatic rings. The molecule has 44 heavy (non-hydrogen) atoms. The van der Waals surface area contributed by atoms with E-state index < -0.39 is 30.7 Å². The number of halogens is 1. The lowest BCUT2D eigenvalue weighted by atomic mass is 9.79. The van der Waals surface area contributed by atoms with Crippen molar-refractivity contribution in [1.29, 1.82) is 0 Å². The van der Waals surface area contributed by atoms with E-state index in [-0.39, 0.29) is 37.9 Å². The van der Waals surface area contributed by atoms with Gasteiger partial charge in [-0.05, 0) is 59.6 Å². The molecule has 0 spiro atoms. The van der Waals surface area contributed by atoms with Gasteiger partial charge in [0.05, 0.1) is 25.7 Å². The molecule has 5 N–H and O–H groups in total. The van der Waals surface area contributed by atoms with E-state index in [4.69, 9.17) is 26.8 Å². The van der Waals surface area contributed by atoms with Gasteiger partial charge < -0.3 is 30.7 Å². The largest absolute Gasteiger partial charge is 0.481 e. The van der Waals surface area contributed by atoms with Crippen LogP contribution in [0.3, 0.4) is 0 Å². The Morgan fingerprint density at radius 3 is 2.43 bits per heavy atom. The normalized spacial score (nSPS) is 19.8. The number of unbranched alkanes of at least 4 members (excludes halogenated alkanes) is 1. The van der Waals surface area contributed by atoms with Crippen LogP contribution in [-0.2, 0) is 30.3 Å². The van der Waals surface area contributed by atoms with Crippen LogP contribution in [0.5, 0.6) is 0 Å². The summed E-state index contributed by atoms with van der Waals surface area (Å²) in [5.41, 5.74) is 9.61. The first-order valence-corrected chi connectivity index (χ1v) is 16.1. The number of carboxylic acids is 1. The fourth-order valence-corrected chi connectivity index (χ4v) is 6.91. The lowest BCUT2D eigenvalue weighted by Gasteiger charge is -2.32. The van der Waals surface area contributed by atoms with Gasteiger partial charge in [-0.2, -0.15) is 0 Å². The summed E-state index contributed by atoms with van der Waals surface area (Å²) < 4.78 is 11.2.